The summed E-state index contributed by atoms with van der Waals surface area (Å²) in [6, 6.07) is -2.02. The minimum atomic E-state index is -1.27. The Morgan fingerprint density at radius 2 is 2.14 bits per heavy atom. The lowest BCUT2D eigenvalue weighted by Crippen LogP contribution is -3.00. The lowest BCUT2D eigenvalue weighted by molar-refractivity contribution is -0.426. The number of carbonyl (C=O) groups is 1. The lowest BCUT2D eigenvalue weighted by atomic mass is 10.1. The van der Waals surface area contributed by atoms with Crippen molar-refractivity contribution < 1.29 is 34.9 Å². The van der Waals surface area contributed by atoms with E-state index < -0.39 is 35.6 Å². The monoisotopic (exact) mass is 218 g/mol. The summed E-state index contributed by atoms with van der Waals surface area (Å²) in [6.45, 7) is 0. The Labute approximate surface area is 95.4 Å². The van der Waals surface area contributed by atoms with E-state index in [-0.39, 0.29) is 36.5 Å². The Balaban J connectivity index is 0.00000180. The van der Waals surface area contributed by atoms with Crippen LogP contribution in [-0.4, -0.2) is 16.6 Å². The van der Waals surface area contributed by atoms with E-state index in [9.17, 15) is 4.79 Å². The standard InChI is InChI=1S/C10H11NO2.ClH/c11-10(9(12)13)6-8(10)7-4-2-1-3-5-7;/h1-5,8H,6,11H2,(H,12,13);1H/t8-,10-;/m1./s1/i1D,2D,3D,4D,5D;. The van der Waals surface area contributed by atoms with Gasteiger partial charge in [-0.1, -0.05) is 30.2 Å². The molecule has 1 saturated carbocycles. The maximum absolute atomic E-state index is 11.0. The first-order valence-electron chi connectivity index (χ1n) is 6.37. The van der Waals surface area contributed by atoms with Gasteiger partial charge in [0.05, 0.1) is 12.8 Å². The van der Waals surface area contributed by atoms with Crippen molar-refractivity contribution in [1.82, 2.24) is 0 Å². The van der Waals surface area contributed by atoms with E-state index in [1.807, 2.05) is 0 Å². The van der Waals surface area contributed by atoms with Gasteiger partial charge in [0.15, 0.2) is 0 Å². The highest BCUT2D eigenvalue weighted by Crippen LogP contribution is 2.47. The Hall–Kier alpha value is -1.06. The molecule has 2 atom stereocenters. The number of carboxylic acid groups (broad SMARTS) is 1. The summed E-state index contributed by atoms with van der Waals surface area (Å²) in [4.78, 5) is 11.0. The number of halogens is 1. The minimum Gasteiger partial charge on any atom is -1.00 e. The van der Waals surface area contributed by atoms with Gasteiger partial charge < -0.3 is 23.2 Å². The van der Waals surface area contributed by atoms with Crippen LogP contribution in [0.25, 0.3) is 0 Å². The van der Waals surface area contributed by atoms with Crippen LogP contribution in [0.5, 0.6) is 0 Å². The molecule has 0 heterocycles. The molecule has 0 saturated heterocycles. The van der Waals surface area contributed by atoms with Crippen LogP contribution < -0.4 is 18.1 Å². The third-order valence-corrected chi connectivity index (χ3v) is 2.37. The first-order valence-corrected chi connectivity index (χ1v) is 3.87. The molecule has 0 spiro atoms. The van der Waals surface area contributed by atoms with Gasteiger partial charge in [-0.25, -0.2) is 4.79 Å². The number of hydrogen-bond donors (Lipinski definition) is 2. The van der Waals surface area contributed by atoms with Gasteiger partial charge >= 0.3 is 5.97 Å². The number of rotatable bonds is 2. The van der Waals surface area contributed by atoms with Crippen molar-refractivity contribution in [1.29, 1.82) is 0 Å². The SMILES string of the molecule is [2H]c1c([2H])c([2H])c([C@H]2C[C@]2([NH3+])C(=O)O)c([2H])c1[2H].[Cl-]. The molecule has 0 aliphatic heterocycles. The van der Waals surface area contributed by atoms with Gasteiger partial charge in [0.25, 0.3) is 0 Å². The summed E-state index contributed by atoms with van der Waals surface area (Å²) in [7, 11) is 0. The van der Waals surface area contributed by atoms with E-state index in [2.05, 4.69) is 5.73 Å². The third-order valence-electron chi connectivity index (χ3n) is 2.37. The fourth-order valence-corrected chi connectivity index (χ4v) is 1.35. The molecule has 14 heavy (non-hydrogen) atoms. The number of carboxylic acids is 1. The zero-order chi connectivity index (χ0) is 13.8. The van der Waals surface area contributed by atoms with Gasteiger partial charge in [0, 0.05) is 6.42 Å². The van der Waals surface area contributed by atoms with Crippen LogP contribution in [-0.2, 0) is 4.79 Å². The second-order valence-corrected chi connectivity index (χ2v) is 3.26. The normalized spacial score (nSPS) is 34.1. The Morgan fingerprint density at radius 1 is 1.57 bits per heavy atom. The van der Waals surface area contributed by atoms with Gasteiger partial charge in [-0.2, -0.15) is 0 Å². The summed E-state index contributed by atoms with van der Waals surface area (Å²) in [6.07, 6.45) is 0.191. The molecule has 4 heteroatoms. The first kappa shape index (κ1) is 5.73. The predicted octanol–water partition coefficient (Wildman–Crippen LogP) is -2.76. The van der Waals surface area contributed by atoms with Crippen molar-refractivity contribution in [2.24, 2.45) is 0 Å². The van der Waals surface area contributed by atoms with E-state index in [4.69, 9.17) is 12.0 Å². The summed E-state index contributed by atoms with van der Waals surface area (Å²) in [5.74, 6) is -1.73. The van der Waals surface area contributed by atoms with Crippen LogP contribution in [0.15, 0.2) is 30.2 Å². The highest BCUT2D eigenvalue weighted by atomic mass is 35.5. The number of aliphatic carboxylic acids is 1. The molecule has 0 unspecified atom stereocenters. The molecule has 1 aliphatic carbocycles. The smallest absolute Gasteiger partial charge is 0.366 e. The minimum absolute atomic E-state index is 0. The van der Waals surface area contributed by atoms with Crippen LogP contribution in [0.4, 0.5) is 0 Å². The summed E-state index contributed by atoms with van der Waals surface area (Å²) in [5, 5.41) is 9.00. The summed E-state index contributed by atoms with van der Waals surface area (Å²) in [5.41, 5.74) is 2.35. The molecule has 0 radical (unpaired) electrons. The average Bonchev–Trinajstić information content (AvgIpc) is 2.98. The molecule has 1 aromatic carbocycles. The number of quaternary nitrogens is 1. The van der Waals surface area contributed by atoms with Crippen LogP contribution in [0.1, 0.15) is 24.8 Å². The van der Waals surface area contributed by atoms with Gasteiger partial charge in [-0.05, 0) is 5.56 Å². The first-order chi connectivity index (χ1) is 8.21. The fourth-order valence-electron chi connectivity index (χ4n) is 1.35. The molecule has 1 fully saturated rings. The maximum Gasteiger partial charge on any atom is 0.366 e. The molecule has 76 valence electrons. The summed E-state index contributed by atoms with van der Waals surface area (Å²) < 4.78 is 37.9. The lowest BCUT2D eigenvalue weighted by Gasteiger charge is -2.01. The molecular weight excluding hydrogens is 202 g/mol. The van der Waals surface area contributed by atoms with E-state index >= 15 is 0 Å². The van der Waals surface area contributed by atoms with E-state index in [1.54, 1.807) is 0 Å². The highest BCUT2D eigenvalue weighted by molar-refractivity contribution is 5.82. The Bertz CT molecular complexity index is 538. The van der Waals surface area contributed by atoms with Crippen molar-refractivity contribution >= 4 is 5.97 Å². The Morgan fingerprint density at radius 3 is 2.57 bits per heavy atom. The Kier molecular flexibility index (Phi) is 1.47. The molecule has 3 nitrogen and oxygen atoms in total. The second kappa shape index (κ2) is 3.59. The molecular formula is C10H12ClNO2. The molecule has 0 amide bonds. The van der Waals surface area contributed by atoms with Gasteiger partial charge in [0.2, 0.25) is 5.54 Å². The van der Waals surface area contributed by atoms with Crippen molar-refractivity contribution in [3.05, 3.63) is 35.8 Å². The molecule has 2 rings (SSSR count). The molecule has 1 aromatic rings. The quantitative estimate of drug-likeness (QED) is 0.565. The van der Waals surface area contributed by atoms with Crippen LogP contribution in [0.2, 0.25) is 0 Å². The predicted molar refractivity (Wildman–Crippen MR) is 47.1 cm³/mol. The topological polar surface area (TPSA) is 64.9 Å². The van der Waals surface area contributed by atoms with Gasteiger partial charge in [-0.3, -0.25) is 0 Å². The van der Waals surface area contributed by atoms with Gasteiger partial charge in [-0.15, -0.1) is 0 Å². The highest BCUT2D eigenvalue weighted by Gasteiger charge is 2.62. The second-order valence-electron chi connectivity index (χ2n) is 3.26. The molecule has 0 bridgehead atoms. The van der Waals surface area contributed by atoms with E-state index in [0.717, 1.165) is 0 Å². The average molecular weight is 219 g/mol. The fraction of sp³-hybridized carbons (Fsp3) is 0.300. The maximum atomic E-state index is 11.0. The number of hydrogen-bond acceptors (Lipinski definition) is 1. The van der Waals surface area contributed by atoms with Crippen molar-refractivity contribution in [3.8, 4) is 0 Å². The van der Waals surface area contributed by atoms with Crippen molar-refractivity contribution in [2.45, 2.75) is 17.9 Å². The third kappa shape index (κ3) is 1.61. The summed E-state index contributed by atoms with van der Waals surface area (Å²) >= 11 is 0. The van der Waals surface area contributed by atoms with Crippen LogP contribution in [0.3, 0.4) is 0 Å². The van der Waals surface area contributed by atoms with Crippen LogP contribution in [0, 0.1) is 0 Å². The molecule has 0 aromatic heterocycles. The molecule has 1 aliphatic rings. The largest absolute Gasteiger partial charge is 1.00 e. The van der Waals surface area contributed by atoms with Gasteiger partial charge in [0.1, 0.15) is 0 Å². The number of benzene rings is 1. The zero-order valence-electron chi connectivity index (χ0n) is 12.2. The molecule has 4 N–H and O–H groups in total. The van der Waals surface area contributed by atoms with E-state index in [1.165, 1.54) is 0 Å². The van der Waals surface area contributed by atoms with E-state index in [0.29, 0.717) is 0 Å². The zero-order valence-corrected chi connectivity index (χ0v) is 7.98. The van der Waals surface area contributed by atoms with Crippen molar-refractivity contribution in [3.63, 3.8) is 0 Å². The van der Waals surface area contributed by atoms with Crippen molar-refractivity contribution in [2.75, 3.05) is 0 Å². The van der Waals surface area contributed by atoms with Crippen LogP contribution >= 0.6 is 0 Å².